The van der Waals surface area contributed by atoms with E-state index in [1.54, 1.807) is 18.7 Å². The minimum atomic E-state index is -1.31. The summed E-state index contributed by atoms with van der Waals surface area (Å²) in [6, 6.07) is -1.56. The average molecular weight is 461 g/mol. The molecule has 2 amide bonds. The maximum absolute atomic E-state index is 14.0. The number of likely N-dealkylation sites (tertiary alicyclic amines) is 1. The number of ether oxygens (including phenoxy) is 2. The van der Waals surface area contributed by atoms with Gasteiger partial charge in [-0.2, -0.15) is 0 Å². The van der Waals surface area contributed by atoms with Crippen molar-refractivity contribution in [3.8, 4) is 0 Å². The van der Waals surface area contributed by atoms with Crippen LogP contribution in [0.25, 0.3) is 0 Å². The van der Waals surface area contributed by atoms with E-state index in [2.05, 4.69) is 6.92 Å². The van der Waals surface area contributed by atoms with Crippen molar-refractivity contribution in [1.82, 2.24) is 9.80 Å². The van der Waals surface area contributed by atoms with Gasteiger partial charge in [0.2, 0.25) is 11.8 Å². The van der Waals surface area contributed by atoms with Gasteiger partial charge in [-0.1, -0.05) is 37.6 Å². The third-order valence-electron chi connectivity index (χ3n) is 7.70. The van der Waals surface area contributed by atoms with E-state index in [4.69, 9.17) is 9.47 Å². The van der Waals surface area contributed by atoms with Crippen LogP contribution in [0.15, 0.2) is 24.3 Å². The summed E-state index contributed by atoms with van der Waals surface area (Å²) in [6.45, 7) is 8.00. The van der Waals surface area contributed by atoms with Crippen LogP contribution in [0.5, 0.6) is 0 Å². The number of rotatable bonds is 5. The molecule has 2 unspecified atom stereocenters. The predicted octanol–water partition coefficient (Wildman–Crippen LogP) is 1.82. The fraction of sp³-hybridized carbons (Fsp3) is 0.720. The van der Waals surface area contributed by atoms with E-state index in [1.165, 1.54) is 4.90 Å². The van der Waals surface area contributed by atoms with E-state index in [9.17, 15) is 19.5 Å². The van der Waals surface area contributed by atoms with Crippen LogP contribution in [-0.4, -0.2) is 81.8 Å². The van der Waals surface area contributed by atoms with Crippen molar-refractivity contribution in [2.75, 3.05) is 19.8 Å². The lowest BCUT2D eigenvalue weighted by atomic mass is 9.74. The van der Waals surface area contributed by atoms with Crippen molar-refractivity contribution in [2.24, 2.45) is 11.8 Å². The first-order valence-electron chi connectivity index (χ1n) is 12.2. The van der Waals surface area contributed by atoms with Crippen LogP contribution in [0, 0.1) is 11.8 Å². The Kier molecular flexibility index (Phi) is 6.44. The van der Waals surface area contributed by atoms with Crippen molar-refractivity contribution in [3.05, 3.63) is 24.3 Å². The van der Waals surface area contributed by atoms with Crippen LogP contribution < -0.4 is 0 Å². The van der Waals surface area contributed by atoms with Gasteiger partial charge in [0.1, 0.15) is 17.6 Å². The lowest BCUT2D eigenvalue weighted by molar-refractivity contribution is -0.161. The van der Waals surface area contributed by atoms with E-state index in [0.717, 1.165) is 19.3 Å². The Morgan fingerprint density at radius 1 is 1.12 bits per heavy atom. The highest BCUT2D eigenvalue weighted by Gasteiger charge is 2.75. The summed E-state index contributed by atoms with van der Waals surface area (Å²) in [5.74, 6) is -2.81. The highest BCUT2D eigenvalue weighted by molar-refractivity contribution is 5.99. The summed E-state index contributed by atoms with van der Waals surface area (Å²) >= 11 is 0. The molecule has 1 N–H and O–H groups in total. The minimum absolute atomic E-state index is 0.0122. The number of carbonyl (C=O) groups excluding carboxylic acids is 3. The number of aliphatic hydroxyl groups excluding tert-OH is 1. The molecule has 2 saturated heterocycles. The Hall–Kier alpha value is -2.19. The standard InChI is InChI=1S/C25H36N2O6/c1-5-10-16(2)26-13-9-12-25-18(21(29)27(17(3)15-28)20(25)22(26)30)19-23(31)32-14-8-6-7-11-24(19,4)33-25/h7,9,11-12,16-20,28H,5-6,8,10,13-15H2,1-4H3/b11-7-/t16?,17-,18+,19+,20?,24-,25+/m1/s1. The number of esters is 1. The summed E-state index contributed by atoms with van der Waals surface area (Å²) in [7, 11) is 0. The molecule has 4 rings (SSSR count). The first kappa shape index (κ1) is 24.0. The number of cyclic esters (lactones) is 1. The van der Waals surface area contributed by atoms with Gasteiger partial charge in [-0.05, 0) is 40.0 Å². The molecule has 4 aliphatic rings. The van der Waals surface area contributed by atoms with Crippen molar-refractivity contribution in [2.45, 2.75) is 82.7 Å². The van der Waals surface area contributed by atoms with Gasteiger partial charge in [0, 0.05) is 12.6 Å². The van der Waals surface area contributed by atoms with Crippen LogP contribution in [0.2, 0.25) is 0 Å². The van der Waals surface area contributed by atoms with Crippen molar-refractivity contribution < 1.29 is 29.0 Å². The summed E-state index contributed by atoms with van der Waals surface area (Å²) < 4.78 is 12.2. The molecule has 0 saturated carbocycles. The molecule has 8 nitrogen and oxygen atoms in total. The number of allylic oxidation sites excluding steroid dienone is 1. The Morgan fingerprint density at radius 3 is 2.58 bits per heavy atom. The zero-order valence-corrected chi connectivity index (χ0v) is 20.0. The van der Waals surface area contributed by atoms with E-state index >= 15 is 0 Å². The number of aliphatic hydroxyl groups is 1. The van der Waals surface area contributed by atoms with E-state index in [1.807, 2.05) is 31.2 Å². The van der Waals surface area contributed by atoms with Crippen LogP contribution in [0.4, 0.5) is 0 Å². The number of nitrogens with zero attached hydrogens (tertiary/aromatic N) is 2. The van der Waals surface area contributed by atoms with Gasteiger partial charge in [0.05, 0.1) is 30.8 Å². The summed E-state index contributed by atoms with van der Waals surface area (Å²) in [6.07, 6.45) is 10.7. The van der Waals surface area contributed by atoms with E-state index in [0.29, 0.717) is 13.0 Å². The van der Waals surface area contributed by atoms with Crippen molar-refractivity contribution in [3.63, 3.8) is 0 Å². The molecule has 33 heavy (non-hydrogen) atoms. The van der Waals surface area contributed by atoms with Gasteiger partial charge >= 0.3 is 5.97 Å². The number of hydrogen-bond acceptors (Lipinski definition) is 6. The molecule has 0 aromatic rings. The van der Waals surface area contributed by atoms with Gasteiger partial charge in [0.25, 0.3) is 0 Å². The first-order chi connectivity index (χ1) is 15.7. The second kappa shape index (κ2) is 8.87. The number of hydrogen-bond donors (Lipinski definition) is 1. The molecule has 0 aromatic heterocycles. The Bertz CT molecular complexity index is 871. The SMILES string of the molecule is CCCC(C)N1CC=C[C@]23O[C@]4(C)/C=C\CCCOC(=O)[C@@H]4[C@H]2C(=O)N([C@H](C)CO)C3C1=O. The summed E-state index contributed by atoms with van der Waals surface area (Å²) in [4.78, 5) is 44.5. The molecule has 0 bridgehead atoms. The van der Waals surface area contributed by atoms with E-state index < -0.39 is 41.1 Å². The number of carbonyl (C=O) groups is 3. The lowest BCUT2D eigenvalue weighted by Crippen LogP contribution is -2.59. The fourth-order valence-corrected chi connectivity index (χ4v) is 6.12. The Morgan fingerprint density at radius 2 is 1.88 bits per heavy atom. The Balaban J connectivity index is 1.87. The number of fused-ring (bicyclic) bond motifs is 2. The van der Waals surface area contributed by atoms with Gasteiger partial charge in [0.15, 0.2) is 0 Å². The largest absolute Gasteiger partial charge is 0.465 e. The average Bonchev–Trinajstić information content (AvgIpc) is 3.13. The molecule has 7 atom stereocenters. The highest BCUT2D eigenvalue weighted by atomic mass is 16.6. The van der Waals surface area contributed by atoms with E-state index in [-0.39, 0.29) is 31.1 Å². The summed E-state index contributed by atoms with van der Waals surface area (Å²) in [5, 5.41) is 9.95. The molecular weight excluding hydrogens is 424 g/mol. The van der Waals surface area contributed by atoms with Gasteiger partial charge in [-0.25, -0.2) is 0 Å². The zero-order valence-electron chi connectivity index (χ0n) is 20.0. The smallest absolute Gasteiger partial charge is 0.313 e. The second-order valence-electron chi connectivity index (χ2n) is 10.0. The van der Waals surface area contributed by atoms with Crippen molar-refractivity contribution >= 4 is 17.8 Å². The topological polar surface area (TPSA) is 96.4 Å². The third-order valence-corrected chi connectivity index (χ3v) is 7.70. The fourth-order valence-electron chi connectivity index (χ4n) is 6.12. The summed E-state index contributed by atoms with van der Waals surface area (Å²) in [5.41, 5.74) is -2.39. The van der Waals surface area contributed by atoms with Crippen molar-refractivity contribution in [1.29, 1.82) is 0 Å². The van der Waals surface area contributed by atoms with Crippen LogP contribution in [0.1, 0.15) is 53.4 Å². The lowest BCUT2D eigenvalue weighted by Gasteiger charge is -2.40. The molecule has 0 radical (unpaired) electrons. The van der Waals surface area contributed by atoms with Crippen LogP contribution >= 0.6 is 0 Å². The van der Waals surface area contributed by atoms with Gasteiger partial charge in [-0.3, -0.25) is 14.4 Å². The molecular formula is C25H36N2O6. The van der Waals surface area contributed by atoms with Crippen LogP contribution in [-0.2, 0) is 23.9 Å². The minimum Gasteiger partial charge on any atom is -0.465 e. The first-order valence-corrected chi connectivity index (χ1v) is 12.2. The molecule has 1 spiro atoms. The molecule has 182 valence electrons. The highest BCUT2D eigenvalue weighted by Crippen LogP contribution is 2.57. The second-order valence-corrected chi connectivity index (χ2v) is 10.0. The zero-order chi connectivity index (χ0) is 24.0. The number of amides is 2. The maximum Gasteiger partial charge on any atom is 0.313 e. The molecule has 0 aliphatic carbocycles. The third kappa shape index (κ3) is 3.62. The molecule has 8 heteroatoms. The quantitative estimate of drug-likeness (QED) is 0.497. The molecule has 4 aliphatic heterocycles. The normalized spacial score (nSPS) is 38.9. The Labute approximate surface area is 195 Å². The van der Waals surface area contributed by atoms with Gasteiger partial charge in [-0.15, -0.1) is 0 Å². The molecule has 0 aromatic carbocycles. The predicted molar refractivity (Wildman–Crippen MR) is 121 cm³/mol. The van der Waals surface area contributed by atoms with Crippen LogP contribution in [0.3, 0.4) is 0 Å². The molecule has 4 heterocycles. The molecule has 2 fully saturated rings. The monoisotopic (exact) mass is 460 g/mol. The maximum atomic E-state index is 14.0. The van der Waals surface area contributed by atoms with Gasteiger partial charge < -0.3 is 24.4 Å².